The van der Waals surface area contributed by atoms with Crippen molar-refractivity contribution in [1.29, 1.82) is 0 Å². The van der Waals surface area contributed by atoms with Gasteiger partial charge in [-0.15, -0.1) is 0 Å². The van der Waals surface area contributed by atoms with Crippen LogP contribution >= 0.6 is 0 Å². The lowest BCUT2D eigenvalue weighted by molar-refractivity contribution is -0.118. The molecule has 0 saturated carbocycles. The second-order valence-corrected chi connectivity index (χ2v) is 4.98. The maximum absolute atomic E-state index is 11.8. The van der Waals surface area contributed by atoms with Crippen LogP contribution in [-0.4, -0.2) is 27.4 Å². The Labute approximate surface area is 106 Å². The SMILES string of the molecule is CCNC(=O)CS(=O)c1nc2ccc(N)cc2o1. The number of amides is 1. The highest BCUT2D eigenvalue weighted by atomic mass is 32.2. The molecule has 0 aliphatic rings. The number of aromatic nitrogens is 1. The molecule has 0 saturated heterocycles. The summed E-state index contributed by atoms with van der Waals surface area (Å²) in [4.78, 5) is 15.4. The van der Waals surface area contributed by atoms with Crippen LogP contribution in [0.25, 0.3) is 11.1 Å². The average molecular weight is 267 g/mol. The molecule has 0 fully saturated rings. The van der Waals surface area contributed by atoms with Gasteiger partial charge in [-0.25, -0.2) is 9.19 Å². The molecule has 0 radical (unpaired) electrons. The van der Waals surface area contributed by atoms with Gasteiger partial charge in [-0.05, 0) is 19.1 Å². The standard InChI is InChI=1S/C11H13N3O3S/c1-2-13-10(15)6-18(16)11-14-8-4-3-7(12)5-9(8)17-11/h3-5H,2,6,12H2,1H3,(H,13,15). The van der Waals surface area contributed by atoms with Crippen molar-refractivity contribution in [2.45, 2.75) is 12.1 Å². The van der Waals surface area contributed by atoms with E-state index in [1.165, 1.54) is 0 Å². The third kappa shape index (κ3) is 2.67. The van der Waals surface area contributed by atoms with Gasteiger partial charge in [0.15, 0.2) is 5.58 Å². The molecule has 0 aliphatic carbocycles. The molecule has 96 valence electrons. The van der Waals surface area contributed by atoms with Gasteiger partial charge in [-0.3, -0.25) is 4.79 Å². The summed E-state index contributed by atoms with van der Waals surface area (Å²) in [6.45, 7) is 2.29. The second-order valence-electron chi connectivity index (χ2n) is 3.65. The molecule has 1 heterocycles. The normalized spacial score (nSPS) is 12.5. The van der Waals surface area contributed by atoms with Crippen molar-refractivity contribution in [1.82, 2.24) is 10.3 Å². The molecule has 1 unspecified atom stereocenters. The van der Waals surface area contributed by atoms with Crippen LogP contribution in [0.2, 0.25) is 0 Å². The van der Waals surface area contributed by atoms with E-state index in [2.05, 4.69) is 10.3 Å². The molecule has 1 aromatic carbocycles. The Morgan fingerprint density at radius 3 is 3.06 bits per heavy atom. The minimum absolute atomic E-state index is 0.0434. The minimum atomic E-state index is -1.58. The maximum atomic E-state index is 11.8. The fourth-order valence-electron chi connectivity index (χ4n) is 1.45. The number of fused-ring (bicyclic) bond motifs is 1. The van der Waals surface area contributed by atoms with Gasteiger partial charge in [0.2, 0.25) is 5.91 Å². The fourth-order valence-corrected chi connectivity index (χ4v) is 2.29. The maximum Gasteiger partial charge on any atom is 0.288 e. The quantitative estimate of drug-likeness (QED) is 0.793. The number of rotatable bonds is 4. The molecule has 0 spiro atoms. The molecule has 2 aromatic rings. The van der Waals surface area contributed by atoms with Crippen LogP contribution in [0.15, 0.2) is 27.8 Å². The molecule has 0 bridgehead atoms. The van der Waals surface area contributed by atoms with Gasteiger partial charge >= 0.3 is 0 Å². The van der Waals surface area contributed by atoms with E-state index in [0.717, 1.165) is 0 Å². The Bertz CT molecular complexity index is 609. The molecule has 6 nitrogen and oxygen atoms in total. The van der Waals surface area contributed by atoms with E-state index in [-0.39, 0.29) is 16.9 Å². The lowest BCUT2D eigenvalue weighted by Gasteiger charge is -1.98. The van der Waals surface area contributed by atoms with E-state index in [4.69, 9.17) is 10.2 Å². The Morgan fingerprint density at radius 2 is 2.33 bits per heavy atom. The highest BCUT2D eigenvalue weighted by Crippen LogP contribution is 2.20. The zero-order chi connectivity index (χ0) is 13.1. The summed E-state index contributed by atoms with van der Waals surface area (Å²) in [5.41, 5.74) is 7.18. The number of carbonyl (C=O) groups excluding carboxylic acids is 1. The van der Waals surface area contributed by atoms with Crippen LogP contribution in [0.4, 0.5) is 5.69 Å². The summed E-state index contributed by atoms with van der Waals surface area (Å²) >= 11 is 0. The van der Waals surface area contributed by atoms with Crippen LogP contribution in [0.5, 0.6) is 0 Å². The first-order valence-electron chi connectivity index (χ1n) is 5.41. The first kappa shape index (κ1) is 12.6. The number of benzene rings is 1. The largest absolute Gasteiger partial charge is 0.430 e. The van der Waals surface area contributed by atoms with E-state index in [1.807, 2.05) is 0 Å². The van der Waals surface area contributed by atoms with Gasteiger partial charge in [-0.2, -0.15) is 0 Å². The van der Waals surface area contributed by atoms with Crippen molar-refractivity contribution in [2.75, 3.05) is 18.0 Å². The summed E-state index contributed by atoms with van der Waals surface area (Å²) < 4.78 is 17.2. The minimum Gasteiger partial charge on any atom is -0.430 e. The van der Waals surface area contributed by atoms with E-state index < -0.39 is 10.8 Å². The van der Waals surface area contributed by atoms with Gasteiger partial charge < -0.3 is 15.5 Å². The monoisotopic (exact) mass is 267 g/mol. The molecule has 0 aliphatic heterocycles. The van der Waals surface area contributed by atoms with Gasteiger partial charge in [0.25, 0.3) is 5.22 Å². The first-order chi connectivity index (χ1) is 8.60. The Kier molecular flexibility index (Phi) is 3.61. The number of anilines is 1. The first-order valence-corrected chi connectivity index (χ1v) is 6.73. The lowest BCUT2D eigenvalue weighted by atomic mass is 10.3. The summed E-state index contributed by atoms with van der Waals surface area (Å²) in [6.07, 6.45) is 0. The van der Waals surface area contributed by atoms with Crippen molar-refractivity contribution in [2.24, 2.45) is 0 Å². The molecule has 7 heteroatoms. The molecular weight excluding hydrogens is 254 g/mol. The number of carbonyl (C=O) groups is 1. The Hall–Kier alpha value is -1.89. The Balaban J connectivity index is 2.20. The van der Waals surface area contributed by atoms with Crippen LogP contribution < -0.4 is 11.1 Å². The smallest absolute Gasteiger partial charge is 0.288 e. The number of nitrogens with zero attached hydrogens (tertiary/aromatic N) is 1. The molecule has 3 N–H and O–H groups in total. The summed E-state index contributed by atoms with van der Waals surface area (Å²) in [6, 6.07) is 4.97. The van der Waals surface area contributed by atoms with E-state index >= 15 is 0 Å². The predicted octanol–water partition coefficient (Wildman–Crippen LogP) is 0.654. The van der Waals surface area contributed by atoms with Crippen molar-refractivity contribution in [3.8, 4) is 0 Å². The van der Waals surface area contributed by atoms with Crippen LogP contribution in [-0.2, 0) is 15.6 Å². The molecule has 2 rings (SSSR count). The summed E-state index contributed by atoms with van der Waals surface area (Å²) in [7, 11) is -1.58. The number of nitrogen functional groups attached to an aromatic ring is 1. The number of hydrogen-bond acceptors (Lipinski definition) is 5. The van der Waals surface area contributed by atoms with Crippen LogP contribution in [0.3, 0.4) is 0 Å². The molecule has 1 atom stereocenters. The molecular formula is C11H13N3O3S. The van der Waals surface area contributed by atoms with Gasteiger partial charge in [-0.1, -0.05) is 0 Å². The van der Waals surface area contributed by atoms with Crippen molar-refractivity contribution < 1.29 is 13.4 Å². The third-order valence-corrected chi connectivity index (χ3v) is 3.31. The lowest BCUT2D eigenvalue weighted by Crippen LogP contribution is -2.27. The van der Waals surface area contributed by atoms with E-state index in [0.29, 0.717) is 23.3 Å². The molecule has 1 amide bonds. The van der Waals surface area contributed by atoms with Crippen molar-refractivity contribution >= 4 is 33.5 Å². The third-order valence-electron chi connectivity index (χ3n) is 2.22. The number of nitrogens with one attached hydrogen (secondary N) is 1. The zero-order valence-electron chi connectivity index (χ0n) is 9.80. The molecule has 1 aromatic heterocycles. The molecule has 18 heavy (non-hydrogen) atoms. The van der Waals surface area contributed by atoms with Crippen molar-refractivity contribution in [3.05, 3.63) is 18.2 Å². The van der Waals surface area contributed by atoms with Gasteiger partial charge in [0.1, 0.15) is 22.1 Å². The van der Waals surface area contributed by atoms with Crippen LogP contribution in [0, 0.1) is 0 Å². The van der Waals surface area contributed by atoms with E-state index in [9.17, 15) is 9.00 Å². The second kappa shape index (κ2) is 5.18. The fraction of sp³-hybridized carbons (Fsp3) is 0.273. The topological polar surface area (TPSA) is 98.2 Å². The number of nitrogens with two attached hydrogens (primary N) is 1. The highest BCUT2D eigenvalue weighted by molar-refractivity contribution is 7.85. The predicted molar refractivity (Wildman–Crippen MR) is 68.4 cm³/mol. The van der Waals surface area contributed by atoms with Crippen molar-refractivity contribution in [3.63, 3.8) is 0 Å². The van der Waals surface area contributed by atoms with E-state index in [1.54, 1.807) is 25.1 Å². The Morgan fingerprint density at radius 1 is 1.56 bits per heavy atom. The van der Waals surface area contributed by atoms with Gasteiger partial charge in [0.05, 0.1) is 0 Å². The number of oxazole rings is 1. The summed E-state index contributed by atoms with van der Waals surface area (Å²) in [5.74, 6) is -0.450. The zero-order valence-corrected chi connectivity index (χ0v) is 10.6. The summed E-state index contributed by atoms with van der Waals surface area (Å²) in [5, 5.41) is 2.61. The average Bonchev–Trinajstić information content (AvgIpc) is 2.72. The number of hydrogen-bond donors (Lipinski definition) is 2. The highest BCUT2D eigenvalue weighted by Gasteiger charge is 2.16. The van der Waals surface area contributed by atoms with Gasteiger partial charge in [0, 0.05) is 18.3 Å². The van der Waals surface area contributed by atoms with Crippen LogP contribution in [0.1, 0.15) is 6.92 Å².